The molecule has 32 heavy (non-hydrogen) atoms. The smallest absolute Gasteiger partial charge is 0.197 e. The predicted octanol–water partition coefficient (Wildman–Crippen LogP) is 8.31. The van der Waals surface area contributed by atoms with E-state index in [4.69, 9.17) is 9.52 Å². The van der Waals surface area contributed by atoms with Crippen molar-refractivity contribution in [1.82, 2.24) is 0 Å². The number of hydrogen-bond acceptors (Lipinski definition) is 4. The van der Waals surface area contributed by atoms with Gasteiger partial charge in [0.2, 0.25) is 0 Å². The average molecular weight is 451 g/mol. The third-order valence-electron chi connectivity index (χ3n) is 6.37. The highest BCUT2D eigenvalue weighted by Gasteiger charge is 2.16. The lowest BCUT2D eigenvalue weighted by Gasteiger charge is -2.07. The van der Waals surface area contributed by atoms with Gasteiger partial charge in [0, 0.05) is 13.0 Å². The van der Waals surface area contributed by atoms with E-state index in [0.717, 1.165) is 44.9 Å². The molecule has 0 fully saturated rings. The van der Waals surface area contributed by atoms with E-state index < -0.39 is 6.10 Å². The number of hydrogen-bond donors (Lipinski definition) is 2. The number of furan rings is 1. The summed E-state index contributed by atoms with van der Waals surface area (Å²) in [5.74, 6) is 0.976. The Morgan fingerprint density at radius 3 is 1.81 bits per heavy atom. The molecule has 1 rings (SSSR count). The molecule has 0 amide bonds. The Labute approximate surface area is 197 Å². The van der Waals surface area contributed by atoms with Crippen LogP contribution >= 0.6 is 0 Å². The molecular weight excluding hydrogens is 400 g/mol. The topological polar surface area (TPSA) is 70.7 Å². The minimum absolute atomic E-state index is 0.0466. The summed E-state index contributed by atoms with van der Waals surface area (Å²) in [7, 11) is 0. The number of unbranched alkanes of at least 4 members (excludes halogenated alkanes) is 16. The van der Waals surface area contributed by atoms with Crippen molar-refractivity contribution < 1.29 is 19.4 Å². The standard InChI is InChI=1S/C28H50O4/c1-2-3-4-5-6-7-8-11-14-17-20-25(30)27-22-23-28(32-27)26(31)21-18-15-12-9-10-13-16-19-24-29/h22-23,25,29-30H,2-21,24H2,1H3. The molecule has 0 radical (unpaired) electrons. The van der Waals surface area contributed by atoms with Crippen molar-refractivity contribution in [2.45, 2.75) is 141 Å². The first-order chi connectivity index (χ1) is 15.7. The van der Waals surface area contributed by atoms with Crippen molar-refractivity contribution >= 4 is 5.78 Å². The van der Waals surface area contributed by atoms with Gasteiger partial charge in [-0.15, -0.1) is 0 Å². The van der Waals surface area contributed by atoms with Crippen molar-refractivity contribution in [2.75, 3.05) is 6.61 Å². The van der Waals surface area contributed by atoms with Gasteiger partial charge in [-0.1, -0.05) is 110 Å². The maximum absolute atomic E-state index is 12.3. The summed E-state index contributed by atoms with van der Waals surface area (Å²) in [6, 6.07) is 3.49. The van der Waals surface area contributed by atoms with Gasteiger partial charge in [0.1, 0.15) is 11.9 Å². The maximum atomic E-state index is 12.3. The van der Waals surface area contributed by atoms with Crippen LogP contribution in [0.5, 0.6) is 0 Å². The molecule has 1 heterocycles. The molecule has 186 valence electrons. The zero-order valence-electron chi connectivity index (χ0n) is 20.8. The molecule has 1 atom stereocenters. The lowest BCUT2D eigenvalue weighted by Crippen LogP contribution is -1.98. The summed E-state index contributed by atoms with van der Waals surface area (Å²) in [5.41, 5.74) is 0. The predicted molar refractivity (Wildman–Crippen MR) is 133 cm³/mol. The second-order valence-corrected chi connectivity index (χ2v) is 9.41. The Balaban J connectivity index is 2.05. The first kappa shape index (κ1) is 28.9. The van der Waals surface area contributed by atoms with Gasteiger partial charge in [-0.25, -0.2) is 0 Å². The van der Waals surface area contributed by atoms with Gasteiger partial charge in [-0.3, -0.25) is 4.79 Å². The van der Waals surface area contributed by atoms with Crippen LogP contribution in [-0.4, -0.2) is 22.6 Å². The third-order valence-corrected chi connectivity index (χ3v) is 6.37. The van der Waals surface area contributed by atoms with E-state index in [2.05, 4.69) is 6.92 Å². The zero-order valence-corrected chi connectivity index (χ0v) is 20.8. The SMILES string of the molecule is CCCCCCCCCCCCC(O)c1ccc(C(=O)CCCCCCCCCCO)o1. The lowest BCUT2D eigenvalue weighted by molar-refractivity contribution is 0.0934. The van der Waals surface area contributed by atoms with Gasteiger partial charge in [0.05, 0.1) is 0 Å². The highest BCUT2D eigenvalue weighted by Crippen LogP contribution is 2.23. The maximum Gasteiger partial charge on any atom is 0.197 e. The van der Waals surface area contributed by atoms with Gasteiger partial charge in [-0.2, -0.15) is 0 Å². The van der Waals surface area contributed by atoms with E-state index in [1.54, 1.807) is 12.1 Å². The quantitative estimate of drug-likeness (QED) is 0.130. The molecule has 0 aliphatic carbocycles. The number of Topliss-reactive ketones (excluding diaryl/α,β-unsaturated/α-hetero) is 1. The molecule has 0 saturated carbocycles. The number of carbonyl (C=O) groups is 1. The molecule has 0 aliphatic heterocycles. The number of carbonyl (C=O) groups excluding carboxylic acids is 1. The van der Waals surface area contributed by atoms with Crippen LogP contribution in [0, 0.1) is 0 Å². The zero-order chi connectivity index (χ0) is 23.3. The van der Waals surface area contributed by atoms with Crippen molar-refractivity contribution in [3.05, 3.63) is 23.7 Å². The molecular formula is C28H50O4. The number of ketones is 1. The van der Waals surface area contributed by atoms with Gasteiger partial charge >= 0.3 is 0 Å². The van der Waals surface area contributed by atoms with Crippen LogP contribution in [0.3, 0.4) is 0 Å². The molecule has 0 saturated heterocycles. The fourth-order valence-corrected chi connectivity index (χ4v) is 4.23. The highest BCUT2D eigenvalue weighted by molar-refractivity contribution is 5.93. The van der Waals surface area contributed by atoms with E-state index in [1.165, 1.54) is 70.6 Å². The normalized spacial score (nSPS) is 12.3. The molecule has 0 aromatic carbocycles. The molecule has 4 heteroatoms. The van der Waals surface area contributed by atoms with Crippen molar-refractivity contribution in [3.8, 4) is 0 Å². The Morgan fingerprint density at radius 2 is 1.25 bits per heavy atom. The first-order valence-corrected chi connectivity index (χ1v) is 13.6. The highest BCUT2D eigenvalue weighted by atomic mass is 16.4. The Kier molecular flexibility index (Phi) is 18.5. The van der Waals surface area contributed by atoms with Crippen LogP contribution in [0.4, 0.5) is 0 Å². The summed E-state index contributed by atoms with van der Waals surface area (Å²) in [4.78, 5) is 12.3. The van der Waals surface area contributed by atoms with Crippen LogP contribution in [0.25, 0.3) is 0 Å². The van der Waals surface area contributed by atoms with E-state index in [0.29, 0.717) is 31.0 Å². The van der Waals surface area contributed by atoms with Crippen LogP contribution in [0.2, 0.25) is 0 Å². The van der Waals surface area contributed by atoms with Crippen LogP contribution in [-0.2, 0) is 0 Å². The summed E-state index contributed by atoms with van der Waals surface area (Å²) < 4.78 is 5.66. The van der Waals surface area contributed by atoms with E-state index in [1.807, 2.05) is 0 Å². The first-order valence-electron chi connectivity index (χ1n) is 13.6. The van der Waals surface area contributed by atoms with Gasteiger partial charge in [0.15, 0.2) is 11.5 Å². The summed E-state index contributed by atoms with van der Waals surface area (Å²) in [6.45, 7) is 2.55. The molecule has 4 nitrogen and oxygen atoms in total. The molecule has 0 spiro atoms. The fourth-order valence-electron chi connectivity index (χ4n) is 4.23. The molecule has 2 N–H and O–H groups in total. The summed E-state index contributed by atoms with van der Waals surface area (Å²) in [5, 5.41) is 19.1. The van der Waals surface area contributed by atoms with Crippen LogP contribution in [0.15, 0.2) is 16.5 Å². The van der Waals surface area contributed by atoms with Gasteiger partial charge in [0.25, 0.3) is 0 Å². The van der Waals surface area contributed by atoms with Crippen LogP contribution < -0.4 is 0 Å². The summed E-state index contributed by atoms with van der Waals surface area (Å²) in [6.07, 6.45) is 22.2. The Bertz CT molecular complexity index is 551. The van der Waals surface area contributed by atoms with Crippen molar-refractivity contribution in [1.29, 1.82) is 0 Å². The molecule has 0 bridgehead atoms. The third kappa shape index (κ3) is 14.8. The second-order valence-electron chi connectivity index (χ2n) is 9.41. The van der Waals surface area contributed by atoms with E-state index in [-0.39, 0.29) is 5.78 Å². The Hall–Kier alpha value is -1.13. The lowest BCUT2D eigenvalue weighted by atomic mass is 10.0. The monoisotopic (exact) mass is 450 g/mol. The van der Waals surface area contributed by atoms with E-state index >= 15 is 0 Å². The number of aliphatic hydroxyl groups is 2. The Morgan fingerprint density at radius 1 is 0.750 bits per heavy atom. The van der Waals surface area contributed by atoms with Gasteiger partial charge in [-0.05, 0) is 31.4 Å². The average Bonchev–Trinajstić information content (AvgIpc) is 3.29. The summed E-state index contributed by atoms with van der Waals surface area (Å²) >= 11 is 0. The van der Waals surface area contributed by atoms with Crippen molar-refractivity contribution in [3.63, 3.8) is 0 Å². The fraction of sp³-hybridized carbons (Fsp3) is 0.821. The molecule has 1 aromatic rings. The molecule has 0 aliphatic rings. The molecule has 1 unspecified atom stereocenters. The van der Waals surface area contributed by atoms with Gasteiger partial charge < -0.3 is 14.6 Å². The molecule has 1 aromatic heterocycles. The van der Waals surface area contributed by atoms with Crippen LogP contribution in [0.1, 0.15) is 158 Å². The van der Waals surface area contributed by atoms with E-state index in [9.17, 15) is 9.90 Å². The van der Waals surface area contributed by atoms with Crippen molar-refractivity contribution in [2.24, 2.45) is 0 Å². The minimum atomic E-state index is -0.601. The minimum Gasteiger partial charge on any atom is -0.455 e. The largest absolute Gasteiger partial charge is 0.455 e. The number of rotatable bonds is 23. The number of aliphatic hydroxyl groups excluding tert-OH is 2. The second kappa shape index (κ2) is 20.5.